The lowest BCUT2D eigenvalue weighted by molar-refractivity contribution is -0.200. The van der Waals surface area contributed by atoms with Crippen LogP contribution in [-0.2, 0) is 9.53 Å². The van der Waals surface area contributed by atoms with Crippen LogP contribution in [0.4, 0.5) is 0 Å². The van der Waals surface area contributed by atoms with Crippen LogP contribution in [0.1, 0.15) is 27.7 Å². The standard InChI is InChI=1S/C12H18O2S/c1-6-8-7-14-12(15-8)10(2,3)9(13)11(12,4)5/h6,8H,1,7H2,2-5H3/t8-/m0/s1. The van der Waals surface area contributed by atoms with E-state index < -0.39 is 0 Å². The van der Waals surface area contributed by atoms with Crippen LogP contribution in [0.2, 0.25) is 0 Å². The van der Waals surface area contributed by atoms with Crippen molar-refractivity contribution in [3.05, 3.63) is 12.7 Å². The van der Waals surface area contributed by atoms with E-state index >= 15 is 0 Å². The van der Waals surface area contributed by atoms with E-state index in [4.69, 9.17) is 4.74 Å². The Morgan fingerprint density at radius 1 is 1.40 bits per heavy atom. The molecular weight excluding hydrogens is 208 g/mol. The van der Waals surface area contributed by atoms with Gasteiger partial charge in [0.15, 0.2) is 5.78 Å². The van der Waals surface area contributed by atoms with Gasteiger partial charge in [-0.05, 0) is 27.7 Å². The van der Waals surface area contributed by atoms with E-state index in [1.54, 1.807) is 11.8 Å². The summed E-state index contributed by atoms with van der Waals surface area (Å²) in [5.74, 6) is 0.298. The highest BCUT2D eigenvalue weighted by molar-refractivity contribution is 8.01. The van der Waals surface area contributed by atoms with Crippen molar-refractivity contribution < 1.29 is 9.53 Å². The van der Waals surface area contributed by atoms with Gasteiger partial charge in [0.05, 0.1) is 17.4 Å². The van der Waals surface area contributed by atoms with Crippen LogP contribution >= 0.6 is 11.8 Å². The van der Waals surface area contributed by atoms with Gasteiger partial charge in [0.2, 0.25) is 0 Å². The molecule has 1 atom stereocenters. The number of rotatable bonds is 1. The average Bonchev–Trinajstić information content (AvgIpc) is 2.62. The van der Waals surface area contributed by atoms with Crippen molar-refractivity contribution in [2.45, 2.75) is 37.9 Å². The molecule has 1 spiro atoms. The van der Waals surface area contributed by atoms with Gasteiger partial charge in [0.25, 0.3) is 0 Å². The van der Waals surface area contributed by atoms with Crippen molar-refractivity contribution in [1.29, 1.82) is 0 Å². The van der Waals surface area contributed by atoms with Crippen molar-refractivity contribution in [1.82, 2.24) is 0 Å². The van der Waals surface area contributed by atoms with E-state index in [1.807, 2.05) is 33.8 Å². The molecule has 2 fully saturated rings. The summed E-state index contributed by atoms with van der Waals surface area (Å²) >= 11 is 1.76. The van der Waals surface area contributed by atoms with Crippen LogP contribution in [0.5, 0.6) is 0 Å². The van der Waals surface area contributed by atoms with Crippen molar-refractivity contribution in [3.63, 3.8) is 0 Å². The first-order valence-corrected chi connectivity index (χ1v) is 6.17. The van der Waals surface area contributed by atoms with Gasteiger partial charge >= 0.3 is 0 Å². The quantitative estimate of drug-likeness (QED) is 0.643. The molecule has 0 radical (unpaired) electrons. The number of ketones is 1. The second-order valence-corrected chi connectivity index (χ2v) is 6.81. The minimum absolute atomic E-state index is 0.298. The molecule has 0 unspecified atom stereocenters. The molecule has 2 aliphatic rings. The van der Waals surface area contributed by atoms with E-state index in [1.165, 1.54) is 0 Å². The second kappa shape index (κ2) is 2.89. The molecule has 1 heterocycles. The van der Waals surface area contributed by atoms with Gasteiger partial charge in [0, 0.05) is 5.25 Å². The normalized spacial score (nSPS) is 35.2. The molecule has 0 bridgehead atoms. The highest BCUT2D eigenvalue weighted by atomic mass is 32.2. The summed E-state index contributed by atoms with van der Waals surface area (Å²) in [5, 5.41) is 0.316. The molecule has 0 aromatic rings. The summed E-state index contributed by atoms with van der Waals surface area (Å²) in [7, 11) is 0. The first kappa shape index (κ1) is 11.2. The molecule has 1 aliphatic heterocycles. The van der Waals surface area contributed by atoms with Gasteiger partial charge in [-0.1, -0.05) is 6.08 Å². The highest BCUT2D eigenvalue weighted by Crippen LogP contribution is 2.68. The van der Waals surface area contributed by atoms with E-state index in [-0.39, 0.29) is 15.8 Å². The maximum atomic E-state index is 12.0. The minimum Gasteiger partial charge on any atom is -0.361 e. The third-order valence-corrected chi connectivity index (χ3v) is 5.91. The number of hydrogen-bond acceptors (Lipinski definition) is 3. The van der Waals surface area contributed by atoms with Crippen molar-refractivity contribution >= 4 is 17.5 Å². The molecule has 1 saturated heterocycles. The van der Waals surface area contributed by atoms with Gasteiger partial charge < -0.3 is 4.74 Å². The van der Waals surface area contributed by atoms with Crippen LogP contribution in [0.15, 0.2) is 12.7 Å². The van der Waals surface area contributed by atoms with Crippen molar-refractivity contribution in [2.75, 3.05) is 6.61 Å². The SMILES string of the molecule is C=C[C@H]1COC2(S1)C(C)(C)C(=O)C2(C)C. The lowest BCUT2D eigenvalue weighted by Gasteiger charge is -2.61. The van der Waals surface area contributed by atoms with E-state index in [9.17, 15) is 4.79 Å². The molecule has 2 nitrogen and oxygen atoms in total. The smallest absolute Gasteiger partial charge is 0.151 e. The molecule has 15 heavy (non-hydrogen) atoms. The van der Waals surface area contributed by atoms with Gasteiger partial charge in [-0.2, -0.15) is 0 Å². The van der Waals surface area contributed by atoms with E-state index in [0.29, 0.717) is 17.6 Å². The summed E-state index contributed by atoms with van der Waals surface area (Å²) in [6.07, 6.45) is 1.91. The summed E-state index contributed by atoms with van der Waals surface area (Å²) in [5.41, 5.74) is -0.752. The monoisotopic (exact) mass is 226 g/mol. The van der Waals surface area contributed by atoms with Crippen molar-refractivity contribution in [3.8, 4) is 0 Å². The van der Waals surface area contributed by atoms with Gasteiger partial charge in [-0.15, -0.1) is 18.3 Å². The zero-order valence-corrected chi connectivity index (χ0v) is 10.6. The first-order chi connectivity index (χ1) is 6.79. The molecule has 1 saturated carbocycles. The largest absolute Gasteiger partial charge is 0.361 e. The van der Waals surface area contributed by atoms with E-state index in [0.717, 1.165) is 0 Å². The van der Waals surface area contributed by atoms with Gasteiger partial charge in [-0.25, -0.2) is 0 Å². The third-order valence-electron chi connectivity index (χ3n) is 3.81. The molecule has 0 aromatic heterocycles. The lowest BCUT2D eigenvalue weighted by Crippen LogP contribution is -2.72. The van der Waals surface area contributed by atoms with Gasteiger partial charge in [0.1, 0.15) is 4.93 Å². The molecule has 3 heteroatoms. The van der Waals surface area contributed by atoms with Crippen molar-refractivity contribution in [2.24, 2.45) is 10.8 Å². The Balaban J connectivity index is 2.36. The summed E-state index contributed by atoms with van der Waals surface area (Å²) in [6, 6.07) is 0. The molecule has 84 valence electrons. The summed E-state index contributed by atoms with van der Waals surface area (Å²) in [4.78, 5) is 11.7. The zero-order valence-electron chi connectivity index (χ0n) is 9.79. The highest BCUT2D eigenvalue weighted by Gasteiger charge is 2.75. The van der Waals surface area contributed by atoms with Gasteiger partial charge in [-0.3, -0.25) is 4.79 Å². The minimum atomic E-state index is -0.376. The fraction of sp³-hybridized carbons (Fsp3) is 0.750. The number of carbonyl (C=O) groups excluding carboxylic acids is 1. The topological polar surface area (TPSA) is 26.3 Å². The summed E-state index contributed by atoms with van der Waals surface area (Å²) < 4.78 is 5.95. The molecule has 2 rings (SSSR count). The Morgan fingerprint density at radius 2 is 1.93 bits per heavy atom. The van der Waals surface area contributed by atoms with Crippen LogP contribution in [0.3, 0.4) is 0 Å². The van der Waals surface area contributed by atoms with Crippen LogP contribution in [0.25, 0.3) is 0 Å². The molecular formula is C12H18O2S. The fourth-order valence-corrected chi connectivity index (χ4v) is 4.62. The Hall–Kier alpha value is -0.280. The maximum absolute atomic E-state index is 12.0. The third kappa shape index (κ3) is 1.03. The Morgan fingerprint density at radius 3 is 2.33 bits per heavy atom. The Labute approximate surface area is 95.5 Å². The first-order valence-electron chi connectivity index (χ1n) is 5.29. The molecule has 0 amide bonds. The molecule has 0 N–H and O–H groups in total. The number of thioether (sulfide) groups is 1. The number of ether oxygens (including phenoxy) is 1. The number of carbonyl (C=O) groups is 1. The number of Topliss-reactive ketones (excluding diaryl/α,β-unsaturated/α-hetero) is 1. The van der Waals surface area contributed by atoms with Crippen LogP contribution in [-0.4, -0.2) is 22.6 Å². The van der Waals surface area contributed by atoms with Crippen LogP contribution in [0, 0.1) is 10.8 Å². The Bertz CT molecular complexity index is 313. The van der Waals surface area contributed by atoms with Crippen LogP contribution < -0.4 is 0 Å². The maximum Gasteiger partial charge on any atom is 0.151 e. The fourth-order valence-electron chi connectivity index (χ4n) is 3.05. The lowest BCUT2D eigenvalue weighted by atomic mass is 9.51. The molecule has 1 aliphatic carbocycles. The number of hydrogen-bond donors (Lipinski definition) is 0. The summed E-state index contributed by atoms with van der Waals surface area (Å²) in [6.45, 7) is 12.4. The molecule has 0 aromatic carbocycles. The zero-order chi connectivity index (χ0) is 11.5. The predicted molar refractivity (Wildman–Crippen MR) is 62.8 cm³/mol. The Kier molecular flexibility index (Phi) is 2.16. The average molecular weight is 226 g/mol. The van der Waals surface area contributed by atoms with E-state index in [2.05, 4.69) is 6.58 Å². The predicted octanol–water partition coefficient (Wildman–Crippen LogP) is 2.64. The second-order valence-electron chi connectivity index (χ2n) is 5.40.